The molecule has 2 aromatic heterocycles. The average Bonchev–Trinajstić information content (AvgIpc) is 2.74. The molecule has 0 aliphatic heterocycles. The Morgan fingerprint density at radius 2 is 1.68 bits per heavy atom. The van der Waals surface area contributed by atoms with Crippen molar-refractivity contribution < 1.29 is 27.1 Å². The van der Waals surface area contributed by atoms with Gasteiger partial charge in [-0.25, -0.2) is 4.79 Å². The fraction of sp³-hybridized carbons (Fsp3) is 0.0455. The van der Waals surface area contributed by atoms with Gasteiger partial charge in [-0.3, -0.25) is 9.78 Å². The van der Waals surface area contributed by atoms with Crippen molar-refractivity contribution >= 4 is 28.5 Å². The van der Waals surface area contributed by atoms with Crippen molar-refractivity contribution in [3.8, 4) is 16.9 Å². The minimum Gasteiger partial charge on any atom is -0.450 e. The highest BCUT2D eigenvalue weighted by Crippen LogP contribution is 2.38. The third-order valence-electron chi connectivity index (χ3n) is 4.38. The van der Waals surface area contributed by atoms with E-state index in [1.807, 2.05) is 0 Å². The summed E-state index contributed by atoms with van der Waals surface area (Å²) in [5.74, 6) is -2.27. The Balaban J connectivity index is 1.84. The molecule has 0 bridgehead atoms. The molecule has 2 aromatic carbocycles. The second kappa shape index (κ2) is 7.88. The molecule has 0 unspecified atom stereocenters. The van der Waals surface area contributed by atoms with Gasteiger partial charge in [0.1, 0.15) is 11.3 Å². The lowest BCUT2D eigenvalue weighted by molar-refractivity contribution is -0.152. The number of nitrogens with zero attached hydrogens (tertiary/aromatic N) is 1. The second-order valence-electron chi connectivity index (χ2n) is 6.42. The molecule has 0 aliphatic rings. The van der Waals surface area contributed by atoms with Crippen LogP contribution in [0.3, 0.4) is 0 Å². The summed E-state index contributed by atoms with van der Waals surface area (Å²) in [6.07, 6.45) is -2.15. The number of carbonyl (C=O) groups is 1. The van der Waals surface area contributed by atoms with Crippen LogP contribution in [0.5, 0.6) is 5.75 Å². The van der Waals surface area contributed by atoms with E-state index in [4.69, 9.17) is 20.8 Å². The van der Waals surface area contributed by atoms with Crippen molar-refractivity contribution in [1.82, 2.24) is 4.98 Å². The Morgan fingerprint density at radius 1 is 1.00 bits per heavy atom. The quantitative estimate of drug-likeness (QED) is 0.297. The number of ether oxygens (including phenoxy) is 1. The normalized spacial score (nSPS) is 11.5. The van der Waals surface area contributed by atoms with Gasteiger partial charge in [0, 0.05) is 23.5 Å². The molecule has 2 heterocycles. The molecule has 0 saturated carbocycles. The van der Waals surface area contributed by atoms with Crippen LogP contribution in [-0.4, -0.2) is 11.0 Å². The Hall–Kier alpha value is -3.65. The van der Waals surface area contributed by atoms with E-state index in [1.165, 1.54) is 60.9 Å². The van der Waals surface area contributed by atoms with Gasteiger partial charge in [-0.2, -0.15) is 13.2 Å². The van der Waals surface area contributed by atoms with E-state index in [9.17, 15) is 22.8 Å². The lowest BCUT2D eigenvalue weighted by atomic mass is 10.0. The molecule has 4 rings (SSSR count). The molecule has 5 nitrogen and oxygen atoms in total. The smallest absolute Gasteiger partial charge is 0.450 e. The lowest BCUT2D eigenvalue weighted by Gasteiger charge is -2.13. The summed E-state index contributed by atoms with van der Waals surface area (Å²) in [7, 11) is 0. The molecule has 0 aliphatic carbocycles. The number of esters is 1. The number of benzene rings is 2. The van der Waals surface area contributed by atoms with Gasteiger partial charge >= 0.3 is 12.1 Å². The Kier molecular flexibility index (Phi) is 5.24. The molecule has 0 fully saturated rings. The van der Waals surface area contributed by atoms with Crippen molar-refractivity contribution in [2.24, 2.45) is 0 Å². The molecule has 0 N–H and O–H groups in total. The van der Waals surface area contributed by atoms with Crippen LogP contribution >= 0.6 is 11.6 Å². The predicted octanol–water partition coefficient (Wildman–Crippen LogP) is 5.75. The predicted molar refractivity (Wildman–Crippen MR) is 107 cm³/mol. The Bertz CT molecular complexity index is 1330. The molecular weight excluding hydrogens is 435 g/mol. The highest BCUT2D eigenvalue weighted by Gasteiger charge is 2.39. The van der Waals surface area contributed by atoms with E-state index in [1.54, 1.807) is 0 Å². The SMILES string of the molecule is O=C(Oc1ccc2c(=O)c(-c3ccc(Cl)cc3)c(C(F)(F)F)oc2c1)c1ccncc1. The zero-order valence-corrected chi connectivity index (χ0v) is 16.2. The maximum atomic E-state index is 13.7. The lowest BCUT2D eigenvalue weighted by Crippen LogP contribution is -2.16. The summed E-state index contributed by atoms with van der Waals surface area (Å²) in [6, 6.07) is 11.8. The largest absolute Gasteiger partial charge is 0.450 e. The summed E-state index contributed by atoms with van der Waals surface area (Å²) >= 11 is 5.80. The molecular formula is C22H11ClF3NO4. The van der Waals surface area contributed by atoms with E-state index in [0.29, 0.717) is 5.02 Å². The number of carbonyl (C=O) groups excluding carboxylic acids is 1. The first-order valence-corrected chi connectivity index (χ1v) is 9.18. The number of fused-ring (bicyclic) bond motifs is 1. The van der Waals surface area contributed by atoms with E-state index in [0.717, 1.165) is 6.07 Å². The summed E-state index contributed by atoms with van der Waals surface area (Å²) < 4.78 is 51.4. The molecule has 31 heavy (non-hydrogen) atoms. The van der Waals surface area contributed by atoms with Crippen molar-refractivity contribution in [1.29, 1.82) is 0 Å². The fourth-order valence-corrected chi connectivity index (χ4v) is 3.10. The van der Waals surface area contributed by atoms with Gasteiger partial charge in [0.15, 0.2) is 0 Å². The molecule has 0 amide bonds. The van der Waals surface area contributed by atoms with Crippen molar-refractivity contribution in [2.75, 3.05) is 0 Å². The van der Waals surface area contributed by atoms with Crippen LogP contribution in [0.4, 0.5) is 13.2 Å². The van der Waals surface area contributed by atoms with Crippen molar-refractivity contribution in [2.45, 2.75) is 6.18 Å². The highest BCUT2D eigenvalue weighted by atomic mass is 35.5. The first-order chi connectivity index (χ1) is 14.7. The van der Waals surface area contributed by atoms with Gasteiger partial charge in [0.25, 0.3) is 0 Å². The minimum absolute atomic E-state index is 0.0144. The van der Waals surface area contributed by atoms with Gasteiger partial charge in [0.2, 0.25) is 11.2 Å². The van der Waals surface area contributed by atoms with Crippen LogP contribution in [0.1, 0.15) is 16.1 Å². The number of halogens is 4. The van der Waals surface area contributed by atoms with Gasteiger partial charge < -0.3 is 9.15 Å². The number of pyridine rings is 1. The average molecular weight is 446 g/mol. The van der Waals surface area contributed by atoms with Crippen LogP contribution in [0.25, 0.3) is 22.1 Å². The van der Waals surface area contributed by atoms with Crippen LogP contribution in [0.2, 0.25) is 5.02 Å². The maximum Gasteiger partial charge on any atom is 0.450 e. The molecule has 0 atom stereocenters. The monoisotopic (exact) mass is 445 g/mol. The van der Waals surface area contributed by atoms with Gasteiger partial charge in [-0.1, -0.05) is 23.7 Å². The van der Waals surface area contributed by atoms with E-state index in [-0.39, 0.29) is 27.8 Å². The number of alkyl halides is 3. The summed E-state index contributed by atoms with van der Waals surface area (Å²) in [6.45, 7) is 0. The van der Waals surface area contributed by atoms with Gasteiger partial charge in [0.05, 0.1) is 16.5 Å². The number of hydrogen-bond donors (Lipinski definition) is 0. The van der Waals surface area contributed by atoms with Crippen molar-refractivity contribution in [3.63, 3.8) is 0 Å². The zero-order chi connectivity index (χ0) is 22.2. The minimum atomic E-state index is -4.94. The van der Waals surface area contributed by atoms with E-state index < -0.39 is 28.9 Å². The van der Waals surface area contributed by atoms with Crippen LogP contribution in [-0.2, 0) is 6.18 Å². The van der Waals surface area contributed by atoms with E-state index in [2.05, 4.69) is 4.98 Å². The summed E-state index contributed by atoms with van der Waals surface area (Å²) in [4.78, 5) is 28.9. The Labute approximate surface area is 177 Å². The standard InChI is InChI=1S/C22H11ClF3NO4/c23-14-3-1-12(2-4-14)18-19(28)16-6-5-15(11-17(16)31-20(18)22(24,25)26)30-21(29)13-7-9-27-10-8-13/h1-11H. The van der Waals surface area contributed by atoms with Crippen LogP contribution in [0.15, 0.2) is 76.2 Å². The first kappa shape index (κ1) is 20.6. The molecule has 0 saturated heterocycles. The third-order valence-corrected chi connectivity index (χ3v) is 4.63. The molecule has 0 radical (unpaired) electrons. The third kappa shape index (κ3) is 4.15. The molecule has 156 valence electrons. The maximum absolute atomic E-state index is 13.7. The zero-order valence-electron chi connectivity index (χ0n) is 15.4. The second-order valence-corrected chi connectivity index (χ2v) is 6.86. The first-order valence-electron chi connectivity index (χ1n) is 8.80. The number of rotatable bonds is 3. The highest BCUT2D eigenvalue weighted by molar-refractivity contribution is 6.30. The molecule has 9 heteroatoms. The van der Waals surface area contributed by atoms with Gasteiger partial charge in [-0.05, 0) is 42.0 Å². The van der Waals surface area contributed by atoms with Crippen LogP contribution < -0.4 is 10.2 Å². The summed E-state index contributed by atoms with van der Waals surface area (Å²) in [5.41, 5.74) is -1.65. The molecule has 4 aromatic rings. The summed E-state index contributed by atoms with van der Waals surface area (Å²) in [5, 5.41) is 0.213. The van der Waals surface area contributed by atoms with E-state index >= 15 is 0 Å². The number of hydrogen-bond acceptors (Lipinski definition) is 5. The molecule has 0 spiro atoms. The number of aromatic nitrogens is 1. The van der Waals surface area contributed by atoms with Crippen molar-refractivity contribution in [3.05, 3.63) is 93.6 Å². The van der Waals surface area contributed by atoms with Crippen LogP contribution in [0, 0.1) is 0 Å². The fourth-order valence-electron chi connectivity index (χ4n) is 2.97. The van der Waals surface area contributed by atoms with Gasteiger partial charge in [-0.15, -0.1) is 0 Å². The topological polar surface area (TPSA) is 69.4 Å². The Morgan fingerprint density at radius 3 is 2.32 bits per heavy atom.